The molecule has 0 radical (unpaired) electrons. The summed E-state index contributed by atoms with van der Waals surface area (Å²) in [7, 11) is 6.54. The van der Waals surface area contributed by atoms with Crippen LogP contribution in [0.3, 0.4) is 0 Å². The highest BCUT2D eigenvalue weighted by molar-refractivity contribution is 7.99. The summed E-state index contributed by atoms with van der Waals surface area (Å²) in [5.74, 6) is 2.54. The lowest BCUT2D eigenvalue weighted by atomic mass is 10.1. The number of methoxy groups -OCH3 is 3. The number of ether oxygens (including phenoxy) is 3. The Morgan fingerprint density at radius 2 is 1.64 bits per heavy atom. The van der Waals surface area contributed by atoms with Gasteiger partial charge in [0.25, 0.3) is 0 Å². The number of hydrogen-bond acceptors (Lipinski definition) is 7. The molecule has 0 aliphatic heterocycles. The SMILES string of the molecule is COc1cc(-c2nnc(SCC(=O)c3ccccc3)n2C)cc(OC)c1OC. The number of thioether (sulfide) groups is 1. The zero-order valence-corrected chi connectivity index (χ0v) is 16.9. The van der Waals surface area contributed by atoms with Crippen molar-refractivity contribution in [1.82, 2.24) is 14.8 Å². The third-order valence-corrected chi connectivity index (χ3v) is 5.21. The van der Waals surface area contributed by atoms with Crippen molar-refractivity contribution in [3.63, 3.8) is 0 Å². The largest absolute Gasteiger partial charge is 0.493 e. The summed E-state index contributed by atoms with van der Waals surface area (Å²) in [5, 5.41) is 9.14. The normalized spacial score (nSPS) is 10.6. The summed E-state index contributed by atoms with van der Waals surface area (Å²) in [4.78, 5) is 12.3. The molecule has 0 fully saturated rings. The molecular weight excluding hydrogens is 378 g/mol. The highest BCUT2D eigenvalue weighted by Gasteiger charge is 2.19. The van der Waals surface area contributed by atoms with Crippen molar-refractivity contribution in [2.45, 2.75) is 5.16 Å². The average Bonchev–Trinajstić information content (AvgIpc) is 3.11. The third-order valence-electron chi connectivity index (χ3n) is 4.19. The van der Waals surface area contributed by atoms with Gasteiger partial charge in [0.05, 0.1) is 27.1 Å². The van der Waals surface area contributed by atoms with E-state index in [1.54, 1.807) is 33.5 Å². The lowest BCUT2D eigenvalue weighted by Gasteiger charge is -2.14. The van der Waals surface area contributed by atoms with Gasteiger partial charge in [0.2, 0.25) is 5.75 Å². The van der Waals surface area contributed by atoms with Crippen LogP contribution in [0.25, 0.3) is 11.4 Å². The topological polar surface area (TPSA) is 75.5 Å². The molecule has 0 spiro atoms. The van der Waals surface area contributed by atoms with Crippen molar-refractivity contribution in [3.8, 4) is 28.6 Å². The maximum absolute atomic E-state index is 12.3. The molecule has 146 valence electrons. The minimum Gasteiger partial charge on any atom is -0.493 e. The second kappa shape index (κ2) is 8.79. The first kappa shape index (κ1) is 19.8. The van der Waals surface area contributed by atoms with E-state index in [1.165, 1.54) is 11.8 Å². The molecule has 0 saturated carbocycles. The molecule has 3 aromatic rings. The van der Waals surface area contributed by atoms with Crippen molar-refractivity contribution in [3.05, 3.63) is 48.0 Å². The van der Waals surface area contributed by atoms with Gasteiger partial charge in [0, 0.05) is 18.2 Å². The molecule has 0 aliphatic rings. The molecule has 0 bridgehead atoms. The fraction of sp³-hybridized carbons (Fsp3) is 0.250. The maximum Gasteiger partial charge on any atom is 0.203 e. The van der Waals surface area contributed by atoms with Crippen LogP contribution in [-0.4, -0.2) is 47.6 Å². The summed E-state index contributed by atoms with van der Waals surface area (Å²) < 4.78 is 18.0. The number of aromatic nitrogens is 3. The third kappa shape index (κ3) is 3.96. The van der Waals surface area contributed by atoms with Crippen molar-refractivity contribution in [1.29, 1.82) is 0 Å². The molecule has 0 aliphatic carbocycles. The number of ketones is 1. The Bertz CT molecular complexity index is 948. The molecule has 0 amide bonds. The first-order valence-corrected chi connectivity index (χ1v) is 9.48. The monoisotopic (exact) mass is 399 g/mol. The van der Waals surface area contributed by atoms with E-state index in [0.29, 0.717) is 33.8 Å². The van der Waals surface area contributed by atoms with Crippen LogP contribution < -0.4 is 14.2 Å². The smallest absolute Gasteiger partial charge is 0.203 e. The van der Waals surface area contributed by atoms with Gasteiger partial charge in [-0.25, -0.2) is 0 Å². The van der Waals surface area contributed by atoms with Crippen LogP contribution in [0.5, 0.6) is 17.2 Å². The molecule has 1 aromatic heterocycles. The van der Waals surface area contributed by atoms with Crippen molar-refractivity contribution in [2.24, 2.45) is 7.05 Å². The highest BCUT2D eigenvalue weighted by Crippen LogP contribution is 2.41. The van der Waals surface area contributed by atoms with E-state index in [0.717, 1.165) is 5.56 Å². The molecule has 3 rings (SSSR count). The van der Waals surface area contributed by atoms with Crippen molar-refractivity contribution < 1.29 is 19.0 Å². The zero-order valence-electron chi connectivity index (χ0n) is 16.1. The Labute approximate surface area is 167 Å². The molecule has 28 heavy (non-hydrogen) atoms. The number of nitrogens with zero attached hydrogens (tertiary/aromatic N) is 3. The Morgan fingerprint density at radius 3 is 2.21 bits per heavy atom. The van der Waals surface area contributed by atoms with E-state index in [1.807, 2.05) is 41.9 Å². The Hall–Kier alpha value is -3.00. The van der Waals surface area contributed by atoms with Gasteiger partial charge in [-0.3, -0.25) is 4.79 Å². The van der Waals surface area contributed by atoms with Gasteiger partial charge in [-0.05, 0) is 12.1 Å². The molecule has 2 aromatic carbocycles. The first-order chi connectivity index (χ1) is 13.6. The van der Waals surface area contributed by atoms with Gasteiger partial charge >= 0.3 is 0 Å². The van der Waals surface area contributed by atoms with Crippen LogP contribution in [0.4, 0.5) is 0 Å². The molecule has 7 nitrogen and oxygen atoms in total. The predicted molar refractivity (Wildman–Crippen MR) is 108 cm³/mol. The Balaban J connectivity index is 1.84. The summed E-state index contributed by atoms with van der Waals surface area (Å²) in [6.45, 7) is 0. The molecule has 0 saturated heterocycles. The van der Waals surface area contributed by atoms with E-state index < -0.39 is 0 Å². The van der Waals surface area contributed by atoms with Crippen LogP contribution in [0.2, 0.25) is 0 Å². The van der Waals surface area contributed by atoms with Gasteiger partial charge in [-0.1, -0.05) is 42.1 Å². The number of carbonyl (C=O) groups is 1. The van der Waals surface area contributed by atoms with Crippen LogP contribution in [-0.2, 0) is 7.05 Å². The van der Waals surface area contributed by atoms with Crippen molar-refractivity contribution in [2.75, 3.05) is 27.1 Å². The fourth-order valence-corrected chi connectivity index (χ4v) is 3.55. The molecule has 8 heteroatoms. The van der Waals surface area contributed by atoms with E-state index >= 15 is 0 Å². The van der Waals surface area contributed by atoms with E-state index in [9.17, 15) is 4.79 Å². The van der Waals surface area contributed by atoms with Crippen LogP contribution >= 0.6 is 11.8 Å². The minimum atomic E-state index is 0.0444. The molecule has 0 N–H and O–H groups in total. The lowest BCUT2D eigenvalue weighted by molar-refractivity contribution is 0.102. The number of carbonyl (C=O) groups excluding carboxylic acids is 1. The molecule has 0 atom stereocenters. The Morgan fingerprint density at radius 1 is 1.00 bits per heavy atom. The lowest BCUT2D eigenvalue weighted by Crippen LogP contribution is -2.03. The highest BCUT2D eigenvalue weighted by atomic mass is 32.2. The van der Waals surface area contributed by atoms with Gasteiger partial charge < -0.3 is 18.8 Å². The van der Waals surface area contributed by atoms with E-state index in [2.05, 4.69) is 10.2 Å². The zero-order chi connectivity index (χ0) is 20.1. The van der Waals surface area contributed by atoms with E-state index in [4.69, 9.17) is 14.2 Å². The Kier molecular flexibility index (Phi) is 6.20. The number of Topliss-reactive ketones (excluding diaryl/α,β-unsaturated/α-hetero) is 1. The van der Waals surface area contributed by atoms with Gasteiger partial charge in [0.1, 0.15) is 0 Å². The summed E-state index contributed by atoms with van der Waals surface area (Å²) in [5.41, 5.74) is 1.45. The van der Waals surface area contributed by atoms with Crippen LogP contribution in [0.15, 0.2) is 47.6 Å². The minimum absolute atomic E-state index is 0.0444. The van der Waals surface area contributed by atoms with E-state index in [-0.39, 0.29) is 11.5 Å². The second-order valence-electron chi connectivity index (χ2n) is 5.86. The number of rotatable bonds is 8. The predicted octanol–water partition coefficient (Wildman–Crippen LogP) is 3.48. The average molecular weight is 399 g/mol. The maximum atomic E-state index is 12.3. The fourth-order valence-electron chi connectivity index (χ4n) is 2.74. The van der Waals surface area contributed by atoms with Crippen LogP contribution in [0, 0.1) is 0 Å². The summed E-state index contributed by atoms with van der Waals surface area (Å²) >= 11 is 1.35. The quantitative estimate of drug-likeness (QED) is 0.424. The summed E-state index contributed by atoms with van der Waals surface area (Å²) in [6, 6.07) is 12.8. The van der Waals surface area contributed by atoms with Gasteiger partial charge in [-0.15, -0.1) is 10.2 Å². The summed E-state index contributed by atoms with van der Waals surface area (Å²) in [6.07, 6.45) is 0. The molecule has 1 heterocycles. The number of benzene rings is 2. The molecular formula is C20H21N3O4S. The standard InChI is InChI=1S/C20H21N3O4S/c1-23-19(14-10-16(25-2)18(27-4)17(11-14)26-3)21-22-20(23)28-12-15(24)13-8-6-5-7-9-13/h5-11H,12H2,1-4H3. The number of hydrogen-bond donors (Lipinski definition) is 0. The van der Waals surface area contributed by atoms with Gasteiger partial charge in [-0.2, -0.15) is 0 Å². The molecule has 0 unspecified atom stereocenters. The first-order valence-electron chi connectivity index (χ1n) is 8.49. The van der Waals surface area contributed by atoms with Gasteiger partial charge in [0.15, 0.2) is 28.3 Å². The van der Waals surface area contributed by atoms with Crippen LogP contribution in [0.1, 0.15) is 10.4 Å². The van der Waals surface area contributed by atoms with Crippen molar-refractivity contribution >= 4 is 17.5 Å². The second-order valence-corrected chi connectivity index (χ2v) is 6.80.